The normalized spacial score (nSPS) is 30.7. The number of carbonyl (C=O) groups is 1. The fourth-order valence-corrected chi connectivity index (χ4v) is 5.86. The van der Waals surface area contributed by atoms with Crippen LogP contribution in [0.1, 0.15) is 64.4 Å². The van der Waals surface area contributed by atoms with Gasteiger partial charge < -0.3 is 5.32 Å². The average Bonchev–Trinajstić information content (AvgIpc) is 2.70. The van der Waals surface area contributed by atoms with Crippen molar-refractivity contribution >= 4 is 15.9 Å². The largest absolute Gasteiger partial charge is 0.353 e. The second kappa shape index (κ2) is 9.61. The molecule has 162 valence electrons. The standard InChI is InChI=1S/C23H36N2O3S/c1-16-7-13-21(14-8-16)29(27,28)24-15-19-9-11-20(12-10-19)23(26)25-22-6-4-5-17(2)18(22)3/h7-8,13-14,17-20,22,24H,4-6,9-12,15H2,1-3H3,(H,25,26)/t17-,18+,19?,20?,22+/m0/s1. The van der Waals surface area contributed by atoms with E-state index in [0.717, 1.165) is 37.7 Å². The van der Waals surface area contributed by atoms with Gasteiger partial charge in [-0.1, -0.05) is 44.4 Å². The summed E-state index contributed by atoms with van der Waals surface area (Å²) in [6.45, 7) is 6.92. The molecular weight excluding hydrogens is 384 g/mol. The Labute approximate surface area is 176 Å². The van der Waals surface area contributed by atoms with Crippen molar-refractivity contribution in [1.29, 1.82) is 0 Å². The van der Waals surface area contributed by atoms with Gasteiger partial charge in [0, 0.05) is 18.5 Å². The van der Waals surface area contributed by atoms with Crippen LogP contribution in [0.25, 0.3) is 0 Å². The van der Waals surface area contributed by atoms with Gasteiger partial charge in [-0.25, -0.2) is 13.1 Å². The lowest BCUT2D eigenvalue weighted by Gasteiger charge is -2.36. The number of aryl methyl sites for hydroxylation is 1. The smallest absolute Gasteiger partial charge is 0.240 e. The minimum Gasteiger partial charge on any atom is -0.353 e. The number of sulfonamides is 1. The summed E-state index contributed by atoms with van der Waals surface area (Å²) in [6.07, 6.45) is 7.03. The number of amides is 1. The number of nitrogens with one attached hydrogen (secondary N) is 2. The van der Waals surface area contributed by atoms with E-state index < -0.39 is 10.0 Å². The summed E-state index contributed by atoms with van der Waals surface area (Å²) in [6, 6.07) is 7.22. The fraction of sp³-hybridized carbons (Fsp3) is 0.696. The zero-order valence-corrected chi connectivity index (χ0v) is 18.8. The van der Waals surface area contributed by atoms with Crippen LogP contribution in [0.2, 0.25) is 0 Å². The van der Waals surface area contributed by atoms with Gasteiger partial charge >= 0.3 is 0 Å². The molecule has 2 aliphatic carbocycles. The predicted molar refractivity (Wildman–Crippen MR) is 116 cm³/mol. The van der Waals surface area contributed by atoms with Gasteiger partial charge in [0.15, 0.2) is 0 Å². The van der Waals surface area contributed by atoms with Gasteiger partial charge in [0.2, 0.25) is 15.9 Å². The maximum atomic E-state index is 12.7. The third kappa shape index (κ3) is 5.82. The molecule has 29 heavy (non-hydrogen) atoms. The van der Waals surface area contributed by atoms with Crippen molar-refractivity contribution in [1.82, 2.24) is 10.0 Å². The van der Waals surface area contributed by atoms with Crippen LogP contribution in [0.3, 0.4) is 0 Å². The van der Waals surface area contributed by atoms with Gasteiger partial charge in [0.05, 0.1) is 4.90 Å². The highest BCUT2D eigenvalue weighted by atomic mass is 32.2. The SMILES string of the molecule is Cc1ccc(S(=O)(=O)NCC2CCC(C(=O)N[C@@H]3CCC[C@H](C)[C@H]3C)CC2)cc1. The molecule has 6 heteroatoms. The predicted octanol–water partition coefficient (Wildman–Crippen LogP) is 4.02. The molecule has 0 bridgehead atoms. The van der Waals surface area contributed by atoms with E-state index in [1.165, 1.54) is 12.8 Å². The van der Waals surface area contributed by atoms with E-state index in [-0.39, 0.29) is 11.8 Å². The van der Waals surface area contributed by atoms with Gasteiger partial charge in [-0.2, -0.15) is 0 Å². The van der Waals surface area contributed by atoms with E-state index in [1.54, 1.807) is 12.1 Å². The summed E-state index contributed by atoms with van der Waals surface area (Å²) in [5.41, 5.74) is 1.04. The molecule has 1 aromatic carbocycles. The summed E-state index contributed by atoms with van der Waals surface area (Å²) in [5.74, 6) is 1.79. The van der Waals surface area contributed by atoms with E-state index in [1.807, 2.05) is 19.1 Å². The number of hydrogen-bond acceptors (Lipinski definition) is 3. The fourth-order valence-electron chi connectivity index (χ4n) is 4.74. The number of rotatable bonds is 6. The Bertz CT molecular complexity index is 783. The van der Waals surface area contributed by atoms with Crippen LogP contribution in [0.15, 0.2) is 29.2 Å². The Balaban J connectivity index is 1.44. The molecule has 0 radical (unpaired) electrons. The Hall–Kier alpha value is -1.40. The van der Waals surface area contributed by atoms with Crippen molar-refractivity contribution in [2.24, 2.45) is 23.7 Å². The van der Waals surface area contributed by atoms with Gasteiger partial charge in [0.25, 0.3) is 0 Å². The maximum absolute atomic E-state index is 12.7. The molecule has 2 N–H and O–H groups in total. The maximum Gasteiger partial charge on any atom is 0.240 e. The van der Waals surface area contributed by atoms with Crippen LogP contribution in [0.5, 0.6) is 0 Å². The van der Waals surface area contributed by atoms with Gasteiger partial charge in [-0.15, -0.1) is 0 Å². The molecule has 2 aliphatic rings. The molecule has 0 heterocycles. The van der Waals surface area contributed by atoms with E-state index in [0.29, 0.717) is 35.2 Å². The first-order chi connectivity index (χ1) is 13.8. The summed E-state index contributed by atoms with van der Waals surface area (Å²) in [4.78, 5) is 13.0. The molecule has 0 spiro atoms. The first-order valence-electron chi connectivity index (χ1n) is 11.1. The minimum absolute atomic E-state index is 0.0735. The first kappa shape index (κ1) is 22.3. The van der Waals surface area contributed by atoms with Crippen LogP contribution in [0, 0.1) is 30.6 Å². The van der Waals surface area contributed by atoms with Crippen molar-refractivity contribution in [3.8, 4) is 0 Å². The topological polar surface area (TPSA) is 75.3 Å². The van der Waals surface area contributed by atoms with Crippen molar-refractivity contribution in [2.75, 3.05) is 6.54 Å². The van der Waals surface area contributed by atoms with Crippen LogP contribution in [-0.4, -0.2) is 26.9 Å². The second-order valence-electron chi connectivity index (χ2n) is 9.26. The highest BCUT2D eigenvalue weighted by molar-refractivity contribution is 7.89. The highest BCUT2D eigenvalue weighted by Gasteiger charge is 2.32. The summed E-state index contributed by atoms with van der Waals surface area (Å²) in [7, 11) is -3.47. The number of carbonyl (C=O) groups excluding carboxylic acids is 1. The van der Waals surface area contributed by atoms with E-state index in [2.05, 4.69) is 23.9 Å². The molecular formula is C23H36N2O3S. The summed E-state index contributed by atoms with van der Waals surface area (Å²) < 4.78 is 27.7. The molecule has 0 aliphatic heterocycles. The Morgan fingerprint density at radius 1 is 1.00 bits per heavy atom. The van der Waals surface area contributed by atoms with Crippen LogP contribution in [-0.2, 0) is 14.8 Å². The summed E-state index contributed by atoms with van der Waals surface area (Å²) in [5, 5.41) is 3.32. The number of benzene rings is 1. The molecule has 1 amide bonds. The Morgan fingerprint density at radius 3 is 2.31 bits per heavy atom. The van der Waals surface area contributed by atoms with Gasteiger partial charge in [-0.05, 0) is 68.9 Å². The Kier molecular flexibility index (Phi) is 7.38. The van der Waals surface area contributed by atoms with Crippen molar-refractivity contribution < 1.29 is 13.2 Å². The van der Waals surface area contributed by atoms with Crippen LogP contribution >= 0.6 is 0 Å². The molecule has 0 aromatic heterocycles. The summed E-state index contributed by atoms with van der Waals surface area (Å²) >= 11 is 0. The molecule has 0 saturated heterocycles. The van der Waals surface area contributed by atoms with Crippen molar-refractivity contribution in [2.45, 2.75) is 76.7 Å². The van der Waals surface area contributed by atoms with E-state index in [4.69, 9.17) is 0 Å². The third-order valence-corrected chi connectivity index (χ3v) is 8.58. The van der Waals surface area contributed by atoms with Crippen LogP contribution < -0.4 is 10.0 Å². The first-order valence-corrected chi connectivity index (χ1v) is 12.6. The quantitative estimate of drug-likeness (QED) is 0.730. The molecule has 1 aromatic rings. The molecule has 3 atom stereocenters. The molecule has 2 saturated carbocycles. The van der Waals surface area contributed by atoms with Crippen LogP contribution in [0.4, 0.5) is 0 Å². The molecule has 0 unspecified atom stereocenters. The Morgan fingerprint density at radius 2 is 1.66 bits per heavy atom. The van der Waals surface area contributed by atoms with Gasteiger partial charge in [-0.3, -0.25) is 4.79 Å². The minimum atomic E-state index is -3.47. The lowest BCUT2D eigenvalue weighted by atomic mass is 9.77. The number of hydrogen-bond donors (Lipinski definition) is 2. The molecule has 2 fully saturated rings. The zero-order chi connectivity index (χ0) is 21.0. The van der Waals surface area contributed by atoms with E-state index in [9.17, 15) is 13.2 Å². The molecule has 5 nitrogen and oxygen atoms in total. The zero-order valence-electron chi connectivity index (χ0n) is 18.0. The highest BCUT2D eigenvalue weighted by Crippen LogP contribution is 2.32. The van der Waals surface area contributed by atoms with Crippen molar-refractivity contribution in [3.63, 3.8) is 0 Å². The second-order valence-corrected chi connectivity index (χ2v) is 11.0. The third-order valence-electron chi connectivity index (χ3n) is 7.15. The van der Waals surface area contributed by atoms with E-state index >= 15 is 0 Å². The molecule has 3 rings (SSSR count). The lowest BCUT2D eigenvalue weighted by molar-refractivity contribution is -0.127. The van der Waals surface area contributed by atoms with Crippen molar-refractivity contribution in [3.05, 3.63) is 29.8 Å². The van der Waals surface area contributed by atoms with Gasteiger partial charge in [0.1, 0.15) is 0 Å². The monoisotopic (exact) mass is 420 g/mol. The average molecular weight is 421 g/mol. The lowest BCUT2D eigenvalue weighted by Crippen LogP contribution is -2.46.